The summed E-state index contributed by atoms with van der Waals surface area (Å²) < 4.78 is 6.99. The number of methoxy groups -OCH3 is 1. The number of rotatable bonds is 7. The van der Waals surface area contributed by atoms with Crippen LogP contribution in [-0.2, 0) is 13.1 Å². The molecule has 8 heteroatoms. The molecular weight excluding hydrogens is 360 g/mol. The number of hydrogen-bond donors (Lipinski definition) is 0. The molecule has 0 unspecified atom stereocenters. The number of nitro groups is 1. The van der Waals surface area contributed by atoms with Crippen LogP contribution in [-0.4, -0.2) is 39.7 Å². The summed E-state index contributed by atoms with van der Waals surface area (Å²) in [4.78, 5) is 24.8. The monoisotopic (exact) mass is 380 g/mol. The van der Waals surface area contributed by atoms with Crippen molar-refractivity contribution in [3.05, 3.63) is 87.7 Å². The second-order valence-corrected chi connectivity index (χ2v) is 6.33. The average Bonchev–Trinajstić information content (AvgIpc) is 3.14. The van der Waals surface area contributed by atoms with Gasteiger partial charge in [-0.1, -0.05) is 30.3 Å². The second kappa shape index (κ2) is 8.34. The summed E-state index contributed by atoms with van der Waals surface area (Å²) >= 11 is 0. The Hall–Kier alpha value is -3.68. The molecule has 3 aromatic rings. The van der Waals surface area contributed by atoms with Gasteiger partial charge in [0.25, 0.3) is 11.6 Å². The van der Waals surface area contributed by atoms with E-state index < -0.39 is 4.92 Å². The SMILES string of the molecule is COc1ccc([N+](=O)[O-])cc1C(=O)N(C)Cc1cnn(Cc2ccccc2)c1. The summed E-state index contributed by atoms with van der Waals surface area (Å²) in [6.45, 7) is 0.955. The Morgan fingerprint density at radius 2 is 1.96 bits per heavy atom. The first-order valence-corrected chi connectivity index (χ1v) is 8.61. The number of aromatic nitrogens is 2. The lowest BCUT2D eigenvalue weighted by Crippen LogP contribution is -2.26. The van der Waals surface area contributed by atoms with E-state index in [1.54, 1.807) is 17.9 Å². The minimum absolute atomic E-state index is 0.149. The van der Waals surface area contributed by atoms with Gasteiger partial charge < -0.3 is 9.64 Å². The van der Waals surface area contributed by atoms with E-state index in [0.29, 0.717) is 18.8 Å². The fourth-order valence-corrected chi connectivity index (χ4v) is 2.87. The summed E-state index contributed by atoms with van der Waals surface area (Å²) in [7, 11) is 3.06. The van der Waals surface area contributed by atoms with Crippen LogP contribution in [0.1, 0.15) is 21.5 Å². The molecule has 0 atom stereocenters. The Kier molecular flexibility index (Phi) is 5.69. The van der Waals surface area contributed by atoms with Gasteiger partial charge in [0.15, 0.2) is 0 Å². The molecule has 0 bridgehead atoms. The minimum Gasteiger partial charge on any atom is -0.496 e. The number of hydrogen-bond acceptors (Lipinski definition) is 5. The minimum atomic E-state index is -0.538. The van der Waals surface area contributed by atoms with Gasteiger partial charge in [0, 0.05) is 37.5 Å². The molecule has 28 heavy (non-hydrogen) atoms. The summed E-state index contributed by atoms with van der Waals surface area (Å²) in [5, 5.41) is 15.4. The standard InChI is InChI=1S/C20H20N4O4/c1-22(20(25)18-10-17(24(26)27)8-9-19(18)28-2)12-16-11-21-23(14-16)13-15-6-4-3-5-7-15/h3-11,14H,12-13H2,1-2H3. The number of ether oxygens (including phenoxy) is 1. The first-order chi connectivity index (χ1) is 13.5. The molecule has 0 aliphatic rings. The van der Waals surface area contributed by atoms with Crippen molar-refractivity contribution < 1.29 is 14.5 Å². The molecule has 1 amide bonds. The number of amides is 1. The summed E-state index contributed by atoms with van der Waals surface area (Å²) in [6, 6.07) is 13.9. The zero-order valence-corrected chi connectivity index (χ0v) is 15.6. The molecular formula is C20H20N4O4. The van der Waals surface area contributed by atoms with Crippen molar-refractivity contribution in [1.29, 1.82) is 0 Å². The van der Waals surface area contributed by atoms with Crippen LogP contribution < -0.4 is 4.74 Å². The molecule has 1 heterocycles. The fourth-order valence-electron chi connectivity index (χ4n) is 2.87. The number of nitrogens with zero attached hydrogens (tertiary/aromatic N) is 4. The highest BCUT2D eigenvalue weighted by atomic mass is 16.6. The van der Waals surface area contributed by atoms with Crippen molar-refractivity contribution in [2.45, 2.75) is 13.1 Å². The molecule has 144 valence electrons. The van der Waals surface area contributed by atoms with E-state index in [-0.39, 0.29) is 17.2 Å². The van der Waals surface area contributed by atoms with Crippen LogP contribution in [0.5, 0.6) is 5.75 Å². The number of carbonyl (C=O) groups is 1. The predicted octanol–water partition coefficient (Wildman–Crippen LogP) is 3.12. The van der Waals surface area contributed by atoms with Crippen LogP contribution in [0.4, 0.5) is 5.69 Å². The third-order valence-electron chi connectivity index (χ3n) is 4.26. The van der Waals surface area contributed by atoms with Gasteiger partial charge in [-0.05, 0) is 11.6 Å². The fraction of sp³-hybridized carbons (Fsp3) is 0.200. The lowest BCUT2D eigenvalue weighted by Gasteiger charge is -2.17. The highest BCUT2D eigenvalue weighted by molar-refractivity contribution is 5.97. The van der Waals surface area contributed by atoms with Crippen molar-refractivity contribution in [3.63, 3.8) is 0 Å². The van der Waals surface area contributed by atoms with Gasteiger partial charge in [-0.25, -0.2) is 0 Å². The molecule has 3 rings (SSSR count). The van der Waals surface area contributed by atoms with Crippen LogP contribution >= 0.6 is 0 Å². The molecule has 0 saturated heterocycles. The van der Waals surface area contributed by atoms with Crippen LogP contribution in [0.25, 0.3) is 0 Å². The summed E-state index contributed by atoms with van der Waals surface area (Å²) in [5.74, 6) is -0.0708. The molecule has 0 fully saturated rings. The van der Waals surface area contributed by atoms with Gasteiger partial charge in [0.05, 0.1) is 30.3 Å². The third-order valence-corrected chi connectivity index (χ3v) is 4.26. The van der Waals surface area contributed by atoms with E-state index in [1.807, 2.05) is 36.5 Å². The maximum atomic E-state index is 12.8. The molecule has 2 aromatic carbocycles. The smallest absolute Gasteiger partial charge is 0.270 e. The van der Waals surface area contributed by atoms with Crippen LogP contribution in [0, 0.1) is 10.1 Å². The van der Waals surface area contributed by atoms with E-state index >= 15 is 0 Å². The normalized spacial score (nSPS) is 10.5. The summed E-state index contributed by atoms with van der Waals surface area (Å²) in [5.41, 5.74) is 1.98. The lowest BCUT2D eigenvalue weighted by molar-refractivity contribution is -0.384. The van der Waals surface area contributed by atoms with Gasteiger partial charge in [-0.3, -0.25) is 19.6 Å². The van der Waals surface area contributed by atoms with Gasteiger partial charge >= 0.3 is 0 Å². The van der Waals surface area contributed by atoms with E-state index in [2.05, 4.69) is 5.10 Å². The molecule has 0 spiro atoms. The Morgan fingerprint density at radius 3 is 2.64 bits per heavy atom. The maximum absolute atomic E-state index is 12.8. The highest BCUT2D eigenvalue weighted by Gasteiger charge is 2.21. The van der Waals surface area contributed by atoms with Crippen molar-refractivity contribution in [1.82, 2.24) is 14.7 Å². The van der Waals surface area contributed by atoms with E-state index in [0.717, 1.165) is 11.1 Å². The zero-order chi connectivity index (χ0) is 20.1. The lowest BCUT2D eigenvalue weighted by atomic mass is 10.1. The van der Waals surface area contributed by atoms with Gasteiger partial charge in [-0.2, -0.15) is 5.10 Å². The topological polar surface area (TPSA) is 90.5 Å². The largest absolute Gasteiger partial charge is 0.496 e. The van der Waals surface area contributed by atoms with Crippen LogP contribution in [0.3, 0.4) is 0 Å². The molecule has 0 aliphatic carbocycles. The number of carbonyl (C=O) groups excluding carboxylic acids is 1. The second-order valence-electron chi connectivity index (χ2n) is 6.33. The van der Waals surface area contributed by atoms with E-state index in [4.69, 9.17) is 4.74 Å². The average molecular weight is 380 g/mol. The molecule has 0 radical (unpaired) electrons. The quantitative estimate of drug-likeness (QED) is 0.464. The Balaban J connectivity index is 1.73. The maximum Gasteiger partial charge on any atom is 0.270 e. The molecule has 0 aliphatic heterocycles. The predicted molar refractivity (Wildman–Crippen MR) is 103 cm³/mol. The molecule has 0 N–H and O–H groups in total. The van der Waals surface area contributed by atoms with Crippen molar-refractivity contribution in [2.24, 2.45) is 0 Å². The van der Waals surface area contributed by atoms with Crippen molar-refractivity contribution in [2.75, 3.05) is 14.2 Å². The number of non-ortho nitro benzene ring substituents is 1. The first kappa shape index (κ1) is 19.1. The van der Waals surface area contributed by atoms with Crippen LogP contribution in [0.15, 0.2) is 60.9 Å². The number of benzene rings is 2. The Morgan fingerprint density at radius 1 is 1.21 bits per heavy atom. The molecule has 0 saturated carbocycles. The zero-order valence-electron chi connectivity index (χ0n) is 15.6. The van der Waals surface area contributed by atoms with Crippen molar-refractivity contribution in [3.8, 4) is 5.75 Å². The van der Waals surface area contributed by atoms with Crippen molar-refractivity contribution >= 4 is 11.6 Å². The Labute approximate surface area is 162 Å². The summed E-state index contributed by atoms with van der Waals surface area (Å²) in [6.07, 6.45) is 3.58. The first-order valence-electron chi connectivity index (χ1n) is 8.61. The third kappa shape index (κ3) is 4.35. The van der Waals surface area contributed by atoms with Gasteiger partial charge in [-0.15, -0.1) is 0 Å². The molecule has 1 aromatic heterocycles. The Bertz CT molecular complexity index is 985. The van der Waals surface area contributed by atoms with Gasteiger partial charge in [0.2, 0.25) is 0 Å². The van der Waals surface area contributed by atoms with Gasteiger partial charge in [0.1, 0.15) is 5.75 Å². The highest BCUT2D eigenvalue weighted by Crippen LogP contribution is 2.25. The van der Waals surface area contributed by atoms with E-state index in [9.17, 15) is 14.9 Å². The molecule has 8 nitrogen and oxygen atoms in total. The van der Waals surface area contributed by atoms with Crippen LogP contribution in [0.2, 0.25) is 0 Å². The number of nitro benzene ring substituents is 1. The van der Waals surface area contributed by atoms with E-state index in [1.165, 1.54) is 30.2 Å².